The van der Waals surface area contributed by atoms with Gasteiger partial charge in [0.25, 0.3) is 0 Å². The molecule has 0 aromatic rings. The summed E-state index contributed by atoms with van der Waals surface area (Å²) in [7, 11) is 0. The van der Waals surface area contributed by atoms with Crippen molar-refractivity contribution in [2.45, 2.75) is 52.1 Å². The Labute approximate surface area is 64.4 Å². The summed E-state index contributed by atoms with van der Waals surface area (Å²) < 4.78 is 0. The summed E-state index contributed by atoms with van der Waals surface area (Å²) in [6, 6.07) is 1.73. The van der Waals surface area contributed by atoms with Gasteiger partial charge in [-0.05, 0) is 32.7 Å². The lowest BCUT2D eigenvalue weighted by Crippen LogP contribution is -2.33. The van der Waals surface area contributed by atoms with Crippen LogP contribution >= 0.6 is 0 Å². The van der Waals surface area contributed by atoms with E-state index in [1.165, 1.54) is 25.8 Å². The summed E-state index contributed by atoms with van der Waals surface area (Å²) in [6.45, 7) is 8.15. The minimum atomic E-state index is 0.843. The van der Waals surface area contributed by atoms with Crippen LogP contribution in [0.4, 0.5) is 0 Å². The lowest BCUT2D eigenvalue weighted by molar-refractivity contribution is 0.210. The molecule has 0 aliphatic carbocycles. The Morgan fingerprint density at radius 2 is 2.00 bits per heavy atom. The highest BCUT2D eigenvalue weighted by atomic mass is 15.2. The molecule has 0 N–H and O–H groups in total. The van der Waals surface area contributed by atoms with Crippen LogP contribution in [0.2, 0.25) is 0 Å². The molecule has 1 nitrogen and oxygen atoms in total. The van der Waals surface area contributed by atoms with Crippen LogP contribution < -0.4 is 0 Å². The molecule has 0 saturated carbocycles. The number of hydrogen-bond acceptors (Lipinski definition) is 1. The first-order valence-corrected chi connectivity index (χ1v) is 4.55. The summed E-state index contributed by atoms with van der Waals surface area (Å²) in [5.74, 6) is 0. The summed E-state index contributed by atoms with van der Waals surface area (Å²) in [5, 5.41) is 0. The van der Waals surface area contributed by atoms with E-state index in [0.29, 0.717) is 0 Å². The molecule has 1 aliphatic rings. The third kappa shape index (κ3) is 1.34. The highest BCUT2D eigenvalue weighted by molar-refractivity contribution is 4.82. The minimum absolute atomic E-state index is 0.843. The van der Waals surface area contributed by atoms with Crippen molar-refractivity contribution >= 4 is 0 Å². The maximum Gasteiger partial charge on any atom is 0.00959 e. The molecule has 10 heavy (non-hydrogen) atoms. The second-order valence-electron chi connectivity index (χ2n) is 3.32. The van der Waals surface area contributed by atoms with Crippen molar-refractivity contribution in [3.8, 4) is 0 Å². The average molecular weight is 141 g/mol. The standard InChI is InChI=1S/C9H19N/c1-4-9-7-6-8(3)10(9)5-2/h8-9H,4-7H2,1-3H3/t8?,9-/m1/s1. The predicted octanol–water partition coefficient (Wildman–Crippen LogP) is 2.27. The van der Waals surface area contributed by atoms with Crippen molar-refractivity contribution < 1.29 is 0 Å². The van der Waals surface area contributed by atoms with Crippen LogP contribution in [0.5, 0.6) is 0 Å². The van der Waals surface area contributed by atoms with E-state index in [2.05, 4.69) is 25.7 Å². The van der Waals surface area contributed by atoms with E-state index in [9.17, 15) is 0 Å². The Morgan fingerprint density at radius 1 is 1.30 bits per heavy atom. The van der Waals surface area contributed by atoms with Gasteiger partial charge in [0.2, 0.25) is 0 Å². The molecule has 0 aromatic carbocycles. The molecule has 1 saturated heterocycles. The summed E-state index contributed by atoms with van der Waals surface area (Å²) in [4.78, 5) is 2.62. The Kier molecular flexibility index (Phi) is 2.72. The number of rotatable bonds is 2. The second kappa shape index (κ2) is 3.38. The fraction of sp³-hybridized carbons (Fsp3) is 1.00. The SMILES string of the molecule is CC[C@@H]1CCC(C)N1CC. The topological polar surface area (TPSA) is 3.24 Å². The number of likely N-dealkylation sites (tertiary alicyclic amines) is 1. The monoisotopic (exact) mass is 141 g/mol. The predicted molar refractivity (Wildman–Crippen MR) is 45.2 cm³/mol. The van der Waals surface area contributed by atoms with Crippen LogP contribution in [0.25, 0.3) is 0 Å². The van der Waals surface area contributed by atoms with Crippen LogP contribution in [0.1, 0.15) is 40.0 Å². The van der Waals surface area contributed by atoms with Crippen molar-refractivity contribution in [3.05, 3.63) is 0 Å². The van der Waals surface area contributed by atoms with E-state index in [1.807, 2.05) is 0 Å². The maximum absolute atomic E-state index is 2.62. The van der Waals surface area contributed by atoms with Crippen LogP contribution in [-0.4, -0.2) is 23.5 Å². The van der Waals surface area contributed by atoms with E-state index >= 15 is 0 Å². The van der Waals surface area contributed by atoms with Gasteiger partial charge in [-0.15, -0.1) is 0 Å². The van der Waals surface area contributed by atoms with E-state index < -0.39 is 0 Å². The smallest absolute Gasteiger partial charge is 0.00959 e. The molecule has 1 heterocycles. The van der Waals surface area contributed by atoms with Crippen LogP contribution in [0.15, 0.2) is 0 Å². The molecule has 1 unspecified atom stereocenters. The molecule has 1 aliphatic heterocycles. The molecular weight excluding hydrogens is 122 g/mol. The Balaban J connectivity index is 2.45. The zero-order valence-corrected chi connectivity index (χ0v) is 7.43. The Morgan fingerprint density at radius 3 is 2.40 bits per heavy atom. The van der Waals surface area contributed by atoms with E-state index in [4.69, 9.17) is 0 Å². The third-order valence-electron chi connectivity index (χ3n) is 2.79. The van der Waals surface area contributed by atoms with Gasteiger partial charge in [-0.25, -0.2) is 0 Å². The first-order chi connectivity index (χ1) is 4.79. The minimum Gasteiger partial charge on any atom is -0.298 e. The highest BCUT2D eigenvalue weighted by Gasteiger charge is 2.26. The molecule has 1 heteroatoms. The quantitative estimate of drug-likeness (QED) is 0.570. The highest BCUT2D eigenvalue weighted by Crippen LogP contribution is 2.24. The Hall–Kier alpha value is -0.0400. The zero-order valence-electron chi connectivity index (χ0n) is 7.43. The molecule has 0 amide bonds. The first-order valence-electron chi connectivity index (χ1n) is 4.55. The lowest BCUT2D eigenvalue weighted by atomic mass is 10.2. The molecule has 1 fully saturated rings. The van der Waals surface area contributed by atoms with Crippen LogP contribution in [0.3, 0.4) is 0 Å². The third-order valence-corrected chi connectivity index (χ3v) is 2.79. The van der Waals surface area contributed by atoms with E-state index in [-0.39, 0.29) is 0 Å². The van der Waals surface area contributed by atoms with Gasteiger partial charge in [-0.3, -0.25) is 4.90 Å². The largest absolute Gasteiger partial charge is 0.298 e. The van der Waals surface area contributed by atoms with Crippen molar-refractivity contribution in [1.29, 1.82) is 0 Å². The van der Waals surface area contributed by atoms with E-state index in [1.54, 1.807) is 0 Å². The fourth-order valence-corrected chi connectivity index (χ4v) is 2.13. The van der Waals surface area contributed by atoms with Crippen molar-refractivity contribution in [2.75, 3.05) is 6.54 Å². The van der Waals surface area contributed by atoms with Gasteiger partial charge >= 0.3 is 0 Å². The van der Waals surface area contributed by atoms with Crippen LogP contribution in [0, 0.1) is 0 Å². The molecule has 1 rings (SSSR count). The van der Waals surface area contributed by atoms with Crippen molar-refractivity contribution in [3.63, 3.8) is 0 Å². The molecule has 0 radical (unpaired) electrons. The molecule has 0 aromatic heterocycles. The molecule has 0 bridgehead atoms. The summed E-state index contributed by atoms with van der Waals surface area (Å²) in [6.07, 6.45) is 4.16. The second-order valence-corrected chi connectivity index (χ2v) is 3.32. The summed E-state index contributed by atoms with van der Waals surface area (Å²) >= 11 is 0. The van der Waals surface area contributed by atoms with Gasteiger partial charge in [-0.1, -0.05) is 13.8 Å². The fourth-order valence-electron chi connectivity index (χ4n) is 2.13. The first kappa shape index (κ1) is 8.06. The van der Waals surface area contributed by atoms with Gasteiger partial charge in [-0.2, -0.15) is 0 Å². The van der Waals surface area contributed by atoms with Gasteiger partial charge in [0.05, 0.1) is 0 Å². The average Bonchev–Trinajstić information content (AvgIpc) is 2.30. The lowest BCUT2D eigenvalue weighted by Gasteiger charge is -2.25. The molecule has 2 atom stereocenters. The maximum atomic E-state index is 2.62. The van der Waals surface area contributed by atoms with Gasteiger partial charge in [0.15, 0.2) is 0 Å². The number of nitrogens with zero attached hydrogens (tertiary/aromatic N) is 1. The summed E-state index contributed by atoms with van der Waals surface area (Å²) in [5.41, 5.74) is 0. The normalized spacial score (nSPS) is 35.1. The van der Waals surface area contributed by atoms with Crippen molar-refractivity contribution in [1.82, 2.24) is 4.90 Å². The van der Waals surface area contributed by atoms with Gasteiger partial charge < -0.3 is 0 Å². The van der Waals surface area contributed by atoms with Gasteiger partial charge in [0.1, 0.15) is 0 Å². The molecule has 0 spiro atoms. The van der Waals surface area contributed by atoms with E-state index in [0.717, 1.165) is 12.1 Å². The van der Waals surface area contributed by atoms with Gasteiger partial charge in [0, 0.05) is 12.1 Å². The van der Waals surface area contributed by atoms with Crippen molar-refractivity contribution in [2.24, 2.45) is 0 Å². The van der Waals surface area contributed by atoms with Crippen LogP contribution in [-0.2, 0) is 0 Å². The Bertz CT molecular complexity index is 101. The zero-order chi connectivity index (χ0) is 7.56. The molecule has 60 valence electrons. The number of hydrogen-bond donors (Lipinski definition) is 0. The molecular formula is C9H19N.